The van der Waals surface area contributed by atoms with Crippen molar-refractivity contribution >= 4 is 45.3 Å². The molecule has 0 spiro atoms. The van der Waals surface area contributed by atoms with Gasteiger partial charge in [-0.2, -0.15) is 0 Å². The molecule has 0 aliphatic carbocycles. The van der Waals surface area contributed by atoms with E-state index in [1.165, 1.54) is 11.8 Å². The fourth-order valence-corrected chi connectivity index (χ4v) is 2.70. The number of rotatable bonds is 8. The van der Waals surface area contributed by atoms with E-state index in [0.717, 1.165) is 9.37 Å². The molecule has 5 nitrogen and oxygen atoms in total. The van der Waals surface area contributed by atoms with Crippen LogP contribution in [0.5, 0.6) is 0 Å². The average molecular weight is 375 g/mol. The van der Waals surface area contributed by atoms with Gasteiger partial charge in [0.2, 0.25) is 5.91 Å². The lowest BCUT2D eigenvalue weighted by Crippen LogP contribution is -2.26. The Morgan fingerprint density at radius 3 is 2.86 bits per heavy atom. The maximum absolute atomic E-state index is 11.7. The van der Waals surface area contributed by atoms with Crippen molar-refractivity contribution in [2.75, 3.05) is 24.6 Å². The van der Waals surface area contributed by atoms with Crippen LogP contribution in [-0.4, -0.2) is 30.8 Å². The molecule has 0 heterocycles. The summed E-state index contributed by atoms with van der Waals surface area (Å²) in [6, 6.07) is 5.56. The molecular formula is C14H19BrN2O3S. The molecule has 0 bridgehead atoms. The third kappa shape index (κ3) is 7.38. The molecule has 3 N–H and O–H groups in total. The number of esters is 1. The van der Waals surface area contributed by atoms with Gasteiger partial charge in [0, 0.05) is 28.0 Å². The molecule has 7 heteroatoms. The molecule has 1 amide bonds. The average Bonchev–Trinajstić information content (AvgIpc) is 2.43. The number of halogens is 1. The first-order valence-corrected chi connectivity index (χ1v) is 8.41. The summed E-state index contributed by atoms with van der Waals surface area (Å²) in [5, 5.41) is 2.76. The number of hydrogen-bond donors (Lipinski definition) is 2. The standard InChI is InChI=1S/C14H19BrN2O3S/c1-2-20-14(19)4-3-7-17-13(18)9-21-12-6-5-10(15)8-11(12)16/h5-6,8H,2-4,7,9,16H2,1H3,(H,17,18). The van der Waals surface area contributed by atoms with E-state index in [0.29, 0.717) is 37.4 Å². The summed E-state index contributed by atoms with van der Waals surface area (Å²) < 4.78 is 5.71. The number of anilines is 1. The van der Waals surface area contributed by atoms with Crippen molar-refractivity contribution in [3.05, 3.63) is 22.7 Å². The van der Waals surface area contributed by atoms with Gasteiger partial charge in [-0.1, -0.05) is 15.9 Å². The van der Waals surface area contributed by atoms with Gasteiger partial charge in [0.15, 0.2) is 0 Å². The number of nitrogen functional groups attached to an aromatic ring is 1. The van der Waals surface area contributed by atoms with Gasteiger partial charge in [-0.3, -0.25) is 9.59 Å². The van der Waals surface area contributed by atoms with Crippen LogP contribution in [0.4, 0.5) is 5.69 Å². The van der Waals surface area contributed by atoms with Crippen molar-refractivity contribution < 1.29 is 14.3 Å². The molecule has 1 aromatic carbocycles. The minimum Gasteiger partial charge on any atom is -0.466 e. The van der Waals surface area contributed by atoms with Crippen molar-refractivity contribution in [2.45, 2.75) is 24.7 Å². The molecule has 0 saturated carbocycles. The zero-order chi connectivity index (χ0) is 15.7. The predicted molar refractivity (Wildman–Crippen MR) is 88.2 cm³/mol. The second-order valence-electron chi connectivity index (χ2n) is 4.23. The van der Waals surface area contributed by atoms with Gasteiger partial charge >= 0.3 is 5.97 Å². The summed E-state index contributed by atoms with van der Waals surface area (Å²) in [7, 11) is 0. The van der Waals surface area contributed by atoms with Crippen LogP contribution in [0.15, 0.2) is 27.6 Å². The van der Waals surface area contributed by atoms with Gasteiger partial charge in [-0.25, -0.2) is 0 Å². The van der Waals surface area contributed by atoms with Crippen LogP contribution in [0.3, 0.4) is 0 Å². The van der Waals surface area contributed by atoms with Gasteiger partial charge in [-0.05, 0) is 31.5 Å². The second kappa shape index (κ2) is 9.68. The molecule has 0 aliphatic heterocycles. The smallest absolute Gasteiger partial charge is 0.305 e. The maximum Gasteiger partial charge on any atom is 0.305 e. The van der Waals surface area contributed by atoms with Gasteiger partial charge in [0.1, 0.15) is 0 Å². The first kappa shape index (κ1) is 17.8. The fourth-order valence-electron chi connectivity index (χ4n) is 1.54. The van der Waals surface area contributed by atoms with Gasteiger partial charge < -0.3 is 15.8 Å². The Morgan fingerprint density at radius 2 is 2.19 bits per heavy atom. The first-order chi connectivity index (χ1) is 10.0. The first-order valence-electron chi connectivity index (χ1n) is 6.63. The van der Waals surface area contributed by atoms with Crippen molar-refractivity contribution in [3.8, 4) is 0 Å². The Morgan fingerprint density at radius 1 is 1.43 bits per heavy atom. The maximum atomic E-state index is 11.7. The summed E-state index contributed by atoms with van der Waals surface area (Å²) >= 11 is 4.72. The van der Waals surface area contributed by atoms with Crippen LogP contribution in [0, 0.1) is 0 Å². The largest absolute Gasteiger partial charge is 0.466 e. The third-order valence-electron chi connectivity index (χ3n) is 2.52. The van der Waals surface area contributed by atoms with Gasteiger partial charge in [0.05, 0.1) is 12.4 Å². The van der Waals surface area contributed by atoms with Crippen LogP contribution in [0.1, 0.15) is 19.8 Å². The normalized spacial score (nSPS) is 10.2. The molecule has 0 atom stereocenters. The lowest BCUT2D eigenvalue weighted by Gasteiger charge is -2.07. The van der Waals surface area contributed by atoms with Crippen molar-refractivity contribution in [1.29, 1.82) is 0 Å². The highest BCUT2D eigenvalue weighted by molar-refractivity contribution is 9.10. The van der Waals surface area contributed by atoms with E-state index in [9.17, 15) is 9.59 Å². The van der Waals surface area contributed by atoms with Crippen LogP contribution in [0.25, 0.3) is 0 Å². The SMILES string of the molecule is CCOC(=O)CCCNC(=O)CSc1ccc(Br)cc1N. The topological polar surface area (TPSA) is 81.4 Å². The third-order valence-corrected chi connectivity index (χ3v) is 4.10. The summed E-state index contributed by atoms with van der Waals surface area (Å²) in [5.41, 5.74) is 6.50. The monoisotopic (exact) mass is 374 g/mol. The van der Waals surface area contributed by atoms with E-state index >= 15 is 0 Å². The van der Waals surface area contributed by atoms with Gasteiger partial charge in [-0.15, -0.1) is 11.8 Å². The van der Waals surface area contributed by atoms with E-state index < -0.39 is 0 Å². The number of nitrogens with two attached hydrogens (primary N) is 1. The number of hydrogen-bond acceptors (Lipinski definition) is 5. The van der Waals surface area contributed by atoms with E-state index in [-0.39, 0.29) is 11.9 Å². The summed E-state index contributed by atoms with van der Waals surface area (Å²) in [4.78, 5) is 23.6. The van der Waals surface area contributed by atoms with Gasteiger partial charge in [0.25, 0.3) is 0 Å². The molecule has 0 fully saturated rings. The van der Waals surface area contributed by atoms with Crippen molar-refractivity contribution in [1.82, 2.24) is 5.32 Å². The Kier molecular flexibility index (Phi) is 8.22. The quantitative estimate of drug-likeness (QED) is 0.316. The molecule has 21 heavy (non-hydrogen) atoms. The molecule has 0 aliphatic rings. The molecule has 1 rings (SSSR count). The molecule has 116 valence electrons. The van der Waals surface area contributed by atoms with Crippen molar-refractivity contribution in [2.24, 2.45) is 0 Å². The fraction of sp³-hybridized carbons (Fsp3) is 0.429. The van der Waals surface area contributed by atoms with Crippen molar-refractivity contribution in [3.63, 3.8) is 0 Å². The highest BCUT2D eigenvalue weighted by Gasteiger charge is 2.06. The van der Waals surface area contributed by atoms with E-state index in [2.05, 4.69) is 21.2 Å². The van der Waals surface area contributed by atoms with Crippen LogP contribution >= 0.6 is 27.7 Å². The number of benzene rings is 1. The van der Waals surface area contributed by atoms with E-state index in [1.54, 1.807) is 13.0 Å². The molecular weight excluding hydrogens is 356 g/mol. The number of amides is 1. The minimum absolute atomic E-state index is 0.0776. The number of nitrogens with one attached hydrogen (secondary N) is 1. The Hall–Kier alpha value is -1.21. The summed E-state index contributed by atoms with van der Waals surface area (Å²) in [6.45, 7) is 2.62. The Bertz CT molecular complexity index is 497. The molecule has 0 saturated heterocycles. The minimum atomic E-state index is -0.233. The van der Waals surface area contributed by atoms with Crippen LogP contribution < -0.4 is 11.1 Å². The lowest BCUT2D eigenvalue weighted by atomic mass is 10.3. The Balaban J connectivity index is 2.21. The highest BCUT2D eigenvalue weighted by Crippen LogP contribution is 2.27. The lowest BCUT2D eigenvalue weighted by molar-refractivity contribution is -0.143. The van der Waals surface area contributed by atoms with Crippen LogP contribution in [0.2, 0.25) is 0 Å². The number of ether oxygens (including phenoxy) is 1. The summed E-state index contributed by atoms with van der Waals surface area (Å²) in [6.07, 6.45) is 0.899. The van der Waals surface area contributed by atoms with Crippen LogP contribution in [-0.2, 0) is 14.3 Å². The predicted octanol–water partition coefficient (Wildman–Crippen LogP) is 2.58. The molecule has 0 radical (unpaired) electrons. The van der Waals surface area contributed by atoms with E-state index in [4.69, 9.17) is 10.5 Å². The number of thioether (sulfide) groups is 1. The zero-order valence-corrected chi connectivity index (χ0v) is 14.3. The summed E-state index contributed by atoms with van der Waals surface area (Å²) in [5.74, 6) is -0.0134. The molecule has 1 aromatic rings. The Labute approximate surface area is 137 Å². The molecule has 0 unspecified atom stereocenters. The number of carbonyl (C=O) groups excluding carboxylic acids is 2. The molecule has 0 aromatic heterocycles. The zero-order valence-electron chi connectivity index (χ0n) is 11.9. The number of carbonyl (C=O) groups is 2. The highest BCUT2D eigenvalue weighted by atomic mass is 79.9. The van der Waals surface area contributed by atoms with E-state index in [1.807, 2.05) is 12.1 Å². The second-order valence-corrected chi connectivity index (χ2v) is 6.16.